The lowest BCUT2D eigenvalue weighted by Crippen LogP contribution is -2.06. The summed E-state index contributed by atoms with van der Waals surface area (Å²) >= 11 is 0. The van der Waals surface area contributed by atoms with E-state index >= 15 is 0 Å². The molecule has 57 heavy (non-hydrogen) atoms. The molecule has 6 nitrogen and oxygen atoms in total. The molecule has 6 heteroatoms. The Morgan fingerprint density at radius 2 is 0.807 bits per heavy atom. The molecule has 8 aromatic carbocycles. The second kappa shape index (κ2) is 12.3. The predicted molar refractivity (Wildman–Crippen MR) is 232 cm³/mol. The molecule has 0 aliphatic heterocycles. The molecular weight excluding hydrogens is 699 g/mol. The van der Waals surface area contributed by atoms with Crippen LogP contribution in [0.25, 0.3) is 111 Å². The van der Waals surface area contributed by atoms with Gasteiger partial charge in [0.05, 0.1) is 22.1 Å². The summed E-state index contributed by atoms with van der Waals surface area (Å²) in [4.78, 5) is 15.5. The van der Waals surface area contributed by atoms with Crippen molar-refractivity contribution < 1.29 is 4.42 Å². The molecule has 4 heterocycles. The number of nitrogens with zero attached hydrogens (tertiary/aromatic N) is 5. The summed E-state index contributed by atoms with van der Waals surface area (Å²) in [7, 11) is 0. The van der Waals surface area contributed by atoms with Crippen molar-refractivity contribution >= 4 is 65.6 Å². The van der Waals surface area contributed by atoms with E-state index in [0.717, 1.165) is 82.7 Å². The van der Waals surface area contributed by atoms with Gasteiger partial charge in [-0.2, -0.15) is 9.97 Å². The number of aromatic nitrogens is 5. The fourth-order valence-electron chi connectivity index (χ4n) is 8.55. The SMILES string of the molecule is c1ccc(-c2ccc(-c3nc(-c4ccc5oc6cc(-n7c8ccccc8c8ccccc87)ccc6c5c4)nc(-n4c5ccccc5c5ccccc54)n3)cc2)cc1. The molecule has 0 aliphatic rings. The predicted octanol–water partition coefficient (Wildman–Crippen LogP) is 13.0. The van der Waals surface area contributed by atoms with Crippen LogP contribution in [0.5, 0.6) is 0 Å². The first kappa shape index (κ1) is 31.5. The van der Waals surface area contributed by atoms with Crippen molar-refractivity contribution in [1.82, 2.24) is 24.1 Å². The van der Waals surface area contributed by atoms with E-state index in [1.807, 2.05) is 18.2 Å². The van der Waals surface area contributed by atoms with E-state index in [0.29, 0.717) is 17.6 Å². The Kier molecular flexibility index (Phi) is 6.83. The van der Waals surface area contributed by atoms with E-state index in [1.54, 1.807) is 0 Å². The molecule has 266 valence electrons. The van der Waals surface area contributed by atoms with E-state index in [2.05, 4.69) is 179 Å². The van der Waals surface area contributed by atoms with Crippen LogP contribution < -0.4 is 0 Å². The van der Waals surface area contributed by atoms with Crippen LogP contribution in [0.4, 0.5) is 0 Å². The first-order valence-electron chi connectivity index (χ1n) is 19.1. The highest BCUT2D eigenvalue weighted by Crippen LogP contribution is 2.37. The van der Waals surface area contributed by atoms with Crippen molar-refractivity contribution in [2.24, 2.45) is 0 Å². The van der Waals surface area contributed by atoms with Crippen molar-refractivity contribution in [2.45, 2.75) is 0 Å². The Hall–Kier alpha value is -7.83. The van der Waals surface area contributed by atoms with Gasteiger partial charge in [0.15, 0.2) is 11.6 Å². The van der Waals surface area contributed by atoms with Crippen molar-refractivity contribution in [3.63, 3.8) is 0 Å². The molecule has 12 rings (SSSR count). The van der Waals surface area contributed by atoms with E-state index in [-0.39, 0.29) is 0 Å². The molecule has 0 spiro atoms. The molecule has 12 aromatic rings. The smallest absolute Gasteiger partial charge is 0.238 e. The molecule has 0 saturated heterocycles. The minimum absolute atomic E-state index is 0.563. The van der Waals surface area contributed by atoms with E-state index in [9.17, 15) is 0 Å². The molecule has 4 aromatic heterocycles. The molecule has 0 fully saturated rings. The van der Waals surface area contributed by atoms with Gasteiger partial charge >= 0.3 is 0 Å². The first-order chi connectivity index (χ1) is 28.2. The molecule has 0 amide bonds. The molecule has 0 atom stereocenters. The van der Waals surface area contributed by atoms with E-state index in [1.165, 1.54) is 10.8 Å². The van der Waals surface area contributed by atoms with E-state index < -0.39 is 0 Å². The highest BCUT2D eigenvalue weighted by molar-refractivity contribution is 6.11. The van der Waals surface area contributed by atoms with Crippen LogP contribution in [-0.2, 0) is 0 Å². The molecule has 0 unspecified atom stereocenters. The quantitative estimate of drug-likeness (QED) is 0.177. The summed E-state index contributed by atoms with van der Waals surface area (Å²) in [6.45, 7) is 0. The molecule has 0 aliphatic carbocycles. The molecule has 0 saturated carbocycles. The number of hydrogen-bond acceptors (Lipinski definition) is 4. The Morgan fingerprint density at radius 1 is 0.316 bits per heavy atom. The zero-order valence-electron chi connectivity index (χ0n) is 30.5. The zero-order chi connectivity index (χ0) is 37.5. The topological polar surface area (TPSA) is 61.7 Å². The van der Waals surface area contributed by atoms with Crippen molar-refractivity contribution in [3.05, 3.63) is 188 Å². The van der Waals surface area contributed by atoms with Crippen LogP contribution >= 0.6 is 0 Å². The normalized spacial score (nSPS) is 11.9. The highest BCUT2D eigenvalue weighted by atomic mass is 16.3. The average molecular weight is 730 g/mol. The van der Waals surface area contributed by atoms with Gasteiger partial charge in [0.25, 0.3) is 0 Å². The number of para-hydroxylation sites is 4. The second-order valence-electron chi connectivity index (χ2n) is 14.5. The highest BCUT2D eigenvalue weighted by Gasteiger charge is 2.19. The standard InChI is InChI=1S/C51H31N5O/c1-2-12-32(13-3-1)33-22-24-34(25-23-33)49-52-50(54-51(53-49)56-45-20-10-6-16-39(45)40-17-7-11-21-46(40)56)35-26-29-47-42(30-35)41-28-27-36(31-48(41)57-47)55-43-18-8-4-14-37(43)38-15-5-9-19-44(38)55/h1-31H. The average Bonchev–Trinajstić information content (AvgIpc) is 3.94. The third kappa shape index (κ3) is 4.94. The van der Waals surface area contributed by atoms with Gasteiger partial charge in [-0.15, -0.1) is 0 Å². The summed E-state index contributed by atoms with van der Waals surface area (Å²) in [6, 6.07) is 65.6. The van der Waals surface area contributed by atoms with Crippen LogP contribution in [0.3, 0.4) is 0 Å². The van der Waals surface area contributed by atoms with Crippen LogP contribution in [0.15, 0.2) is 192 Å². The second-order valence-corrected chi connectivity index (χ2v) is 14.5. The van der Waals surface area contributed by atoms with Crippen molar-refractivity contribution in [2.75, 3.05) is 0 Å². The number of fused-ring (bicyclic) bond motifs is 9. The lowest BCUT2D eigenvalue weighted by Gasteiger charge is -2.11. The number of furan rings is 1. The molecule has 0 bridgehead atoms. The number of hydrogen-bond donors (Lipinski definition) is 0. The summed E-state index contributed by atoms with van der Waals surface area (Å²) in [5.41, 5.74) is 11.2. The van der Waals surface area contributed by atoms with Gasteiger partial charge in [0.1, 0.15) is 11.2 Å². The summed E-state index contributed by atoms with van der Waals surface area (Å²) in [5.74, 6) is 1.75. The third-order valence-electron chi connectivity index (χ3n) is 11.2. The van der Waals surface area contributed by atoms with Crippen LogP contribution in [-0.4, -0.2) is 24.1 Å². The maximum Gasteiger partial charge on any atom is 0.238 e. The van der Waals surface area contributed by atoms with Gasteiger partial charge in [0.2, 0.25) is 5.95 Å². The van der Waals surface area contributed by atoms with Crippen molar-refractivity contribution in [1.29, 1.82) is 0 Å². The van der Waals surface area contributed by atoms with Crippen LogP contribution in [0, 0.1) is 0 Å². The van der Waals surface area contributed by atoms with Gasteiger partial charge in [-0.1, -0.05) is 127 Å². The molecule has 0 radical (unpaired) electrons. The Balaban J connectivity index is 1.03. The van der Waals surface area contributed by atoms with Crippen LogP contribution in [0.2, 0.25) is 0 Å². The first-order valence-corrected chi connectivity index (χ1v) is 19.1. The lowest BCUT2D eigenvalue weighted by atomic mass is 10.0. The molecular formula is C51H31N5O. The largest absolute Gasteiger partial charge is 0.456 e. The monoisotopic (exact) mass is 729 g/mol. The maximum atomic E-state index is 6.56. The minimum atomic E-state index is 0.563. The zero-order valence-corrected chi connectivity index (χ0v) is 30.5. The van der Waals surface area contributed by atoms with Gasteiger partial charge in [-0.25, -0.2) is 4.98 Å². The van der Waals surface area contributed by atoms with Gasteiger partial charge in [0, 0.05) is 55.2 Å². The summed E-state index contributed by atoms with van der Waals surface area (Å²) in [5, 5.41) is 6.79. The Labute approximate surface area is 326 Å². The van der Waals surface area contributed by atoms with Gasteiger partial charge in [-0.3, -0.25) is 4.57 Å². The third-order valence-corrected chi connectivity index (χ3v) is 11.2. The number of benzene rings is 8. The minimum Gasteiger partial charge on any atom is -0.456 e. The van der Waals surface area contributed by atoms with E-state index in [4.69, 9.17) is 19.4 Å². The number of rotatable bonds is 5. The summed E-state index contributed by atoms with van der Waals surface area (Å²) < 4.78 is 11.0. The lowest BCUT2D eigenvalue weighted by molar-refractivity contribution is 0.668. The Morgan fingerprint density at radius 3 is 1.42 bits per heavy atom. The van der Waals surface area contributed by atoms with Gasteiger partial charge in [-0.05, 0) is 65.7 Å². The Bertz CT molecular complexity index is 3410. The fourth-order valence-corrected chi connectivity index (χ4v) is 8.55. The fraction of sp³-hybridized carbons (Fsp3) is 0. The van der Waals surface area contributed by atoms with Crippen molar-refractivity contribution in [3.8, 4) is 45.5 Å². The maximum absolute atomic E-state index is 6.56. The van der Waals surface area contributed by atoms with Gasteiger partial charge < -0.3 is 8.98 Å². The summed E-state index contributed by atoms with van der Waals surface area (Å²) in [6.07, 6.45) is 0. The molecule has 0 N–H and O–H groups in total. The van der Waals surface area contributed by atoms with Crippen LogP contribution in [0.1, 0.15) is 0 Å².